The molecule has 0 spiro atoms. The average Bonchev–Trinajstić information content (AvgIpc) is 3.16. The third kappa shape index (κ3) is 7.51. The number of carbonyl (C=O) groups excluding carboxylic acids is 1. The molecule has 1 amide bonds. The van der Waals surface area contributed by atoms with Gasteiger partial charge in [0.05, 0.1) is 12.0 Å². The van der Waals surface area contributed by atoms with Crippen LogP contribution < -0.4 is 5.32 Å². The van der Waals surface area contributed by atoms with Gasteiger partial charge < -0.3 is 15.3 Å². The van der Waals surface area contributed by atoms with E-state index in [1.807, 2.05) is 36.4 Å². The molecule has 0 atom stereocenters. The van der Waals surface area contributed by atoms with Crippen LogP contribution in [0.5, 0.6) is 0 Å². The standard InChI is InChI=1S/C31H37N3O3/c35-29(17-18-30(36)37)32-31(27-13-6-2-7-14-27,28-15-8-3-9-16-28)19-22-33-20-10-21-34(24-23-33)25-26-11-4-1-5-12-26/h1-9,11-16H,10,17-25H2,(H,32,35)(H,36,37). The Morgan fingerprint density at radius 1 is 0.730 bits per heavy atom. The summed E-state index contributed by atoms with van der Waals surface area (Å²) in [6, 6.07) is 30.7. The van der Waals surface area contributed by atoms with Gasteiger partial charge in [-0.15, -0.1) is 0 Å². The Labute approximate surface area is 219 Å². The first-order valence-corrected chi connectivity index (χ1v) is 13.2. The fraction of sp³-hybridized carbons (Fsp3) is 0.355. The van der Waals surface area contributed by atoms with Gasteiger partial charge in [0, 0.05) is 32.6 Å². The van der Waals surface area contributed by atoms with Gasteiger partial charge in [0.25, 0.3) is 0 Å². The predicted molar refractivity (Wildman–Crippen MR) is 146 cm³/mol. The summed E-state index contributed by atoms with van der Waals surface area (Å²) in [7, 11) is 0. The fourth-order valence-corrected chi connectivity index (χ4v) is 5.20. The van der Waals surface area contributed by atoms with Crippen molar-refractivity contribution in [2.75, 3.05) is 32.7 Å². The van der Waals surface area contributed by atoms with Gasteiger partial charge in [-0.1, -0.05) is 91.0 Å². The number of rotatable bonds is 11. The molecule has 0 saturated carbocycles. The summed E-state index contributed by atoms with van der Waals surface area (Å²) in [5.74, 6) is -1.22. The summed E-state index contributed by atoms with van der Waals surface area (Å²) >= 11 is 0. The number of carboxylic acids is 1. The number of nitrogens with zero attached hydrogens (tertiary/aromatic N) is 2. The van der Waals surface area contributed by atoms with Crippen LogP contribution in [-0.4, -0.2) is 59.5 Å². The Balaban J connectivity index is 1.52. The van der Waals surface area contributed by atoms with E-state index in [4.69, 9.17) is 5.11 Å². The molecule has 0 aliphatic carbocycles. The molecular formula is C31H37N3O3. The second kappa shape index (κ2) is 13.2. The Morgan fingerprint density at radius 2 is 1.27 bits per heavy atom. The van der Waals surface area contributed by atoms with Crippen LogP contribution in [0, 0.1) is 0 Å². The highest BCUT2D eigenvalue weighted by atomic mass is 16.4. The highest BCUT2D eigenvalue weighted by Gasteiger charge is 2.36. The first-order valence-electron chi connectivity index (χ1n) is 13.2. The monoisotopic (exact) mass is 499 g/mol. The predicted octanol–water partition coefficient (Wildman–Crippen LogP) is 4.51. The molecule has 6 nitrogen and oxygen atoms in total. The first-order chi connectivity index (χ1) is 18.0. The van der Waals surface area contributed by atoms with Gasteiger partial charge in [-0.05, 0) is 42.6 Å². The van der Waals surface area contributed by atoms with E-state index in [2.05, 4.69) is 69.7 Å². The van der Waals surface area contributed by atoms with Gasteiger partial charge in [0.1, 0.15) is 0 Å². The zero-order valence-corrected chi connectivity index (χ0v) is 21.4. The zero-order valence-electron chi connectivity index (χ0n) is 21.4. The molecule has 1 aliphatic heterocycles. The zero-order chi connectivity index (χ0) is 25.9. The maximum absolute atomic E-state index is 13.0. The van der Waals surface area contributed by atoms with E-state index in [1.165, 1.54) is 5.56 Å². The first kappa shape index (κ1) is 26.6. The molecule has 1 saturated heterocycles. The minimum absolute atomic E-state index is 0.0467. The van der Waals surface area contributed by atoms with Crippen molar-refractivity contribution in [1.29, 1.82) is 0 Å². The molecule has 37 heavy (non-hydrogen) atoms. The fourth-order valence-electron chi connectivity index (χ4n) is 5.20. The van der Waals surface area contributed by atoms with E-state index in [0.717, 1.165) is 56.8 Å². The van der Waals surface area contributed by atoms with Crippen molar-refractivity contribution in [1.82, 2.24) is 15.1 Å². The Kier molecular flexibility index (Phi) is 9.46. The average molecular weight is 500 g/mol. The van der Waals surface area contributed by atoms with Gasteiger partial charge in [-0.2, -0.15) is 0 Å². The van der Waals surface area contributed by atoms with Crippen LogP contribution in [0.1, 0.15) is 42.4 Å². The molecule has 0 bridgehead atoms. The maximum Gasteiger partial charge on any atom is 0.303 e. The van der Waals surface area contributed by atoms with Crippen molar-refractivity contribution in [3.63, 3.8) is 0 Å². The summed E-state index contributed by atoms with van der Waals surface area (Å²) in [6.45, 7) is 5.84. The number of carboxylic acid groups (broad SMARTS) is 1. The van der Waals surface area contributed by atoms with Crippen LogP contribution >= 0.6 is 0 Å². The molecule has 4 rings (SSSR count). The van der Waals surface area contributed by atoms with Gasteiger partial charge in [-0.3, -0.25) is 14.5 Å². The quantitative estimate of drug-likeness (QED) is 0.406. The van der Waals surface area contributed by atoms with Crippen molar-refractivity contribution >= 4 is 11.9 Å². The maximum atomic E-state index is 13.0. The largest absolute Gasteiger partial charge is 0.481 e. The lowest BCUT2D eigenvalue weighted by Gasteiger charge is -2.38. The van der Waals surface area contributed by atoms with E-state index in [0.29, 0.717) is 6.42 Å². The summed E-state index contributed by atoms with van der Waals surface area (Å²) in [4.78, 5) is 29.2. The topological polar surface area (TPSA) is 72.9 Å². The van der Waals surface area contributed by atoms with Crippen molar-refractivity contribution in [2.24, 2.45) is 0 Å². The highest BCUT2D eigenvalue weighted by molar-refractivity contribution is 5.81. The van der Waals surface area contributed by atoms with Crippen LogP contribution in [0.2, 0.25) is 0 Å². The summed E-state index contributed by atoms with van der Waals surface area (Å²) < 4.78 is 0. The van der Waals surface area contributed by atoms with Crippen molar-refractivity contribution in [2.45, 2.75) is 37.8 Å². The molecule has 1 heterocycles. The molecule has 1 aliphatic rings. The molecule has 0 unspecified atom stereocenters. The SMILES string of the molecule is O=C(O)CCC(=O)NC(CCN1CCCN(Cc2ccccc2)CC1)(c1ccccc1)c1ccccc1. The van der Waals surface area contributed by atoms with Crippen molar-refractivity contribution < 1.29 is 14.7 Å². The summed E-state index contributed by atoms with van der Waals surface area (Å²) in [5, 5.41) is 12.4. The molecule has 6 heteroatoms. The van der Waals surface area contributed by atoms with Gasteiger partial charge in [0.15, 0.2) is 0 Å². The molecular weight excluding hydrogens is 462 g/mol. The van der Waals surface area contributed by atoms with Gasteiger partial charge in [-0.25, -0.2) is 0 Å². The number of hydrogen-bond acceptors (Lipinski definition) is 4. The third-order valence-electron chi connectivity index (χ3n) is 7.19. The van der Waals surface area contributed by atoms with Crippen molar-refractivity contribution in [3.8, 4) is 0 Å². The lowest BCUT2D eigenvalue weighted by Crippen LogP contribution is -2.49. The van der Waals surface area contributed by atoms with Crippen LogP contribution in [0.3, 0.4) is 0 Å². The third-order valence-corrected chi connectivity index (χ3v) is 7.19. The van der Waals surface area contributed by atoms with Gasteiger partial charge in [0.2, 0.25) is 5.91 Å². The Hall–Kier alpha value is -3.48. The van der Waals surface area contributed by atoms with Crippen LogP contribution in [-0.2, 0) is 21.7 Å². The van der Waals surface area contributed by atoms with E-state index < -0.39 is 11.5 Å². The highest BCUT2D eigenvalue weighted by Crippen LogP contribution is 2.34. The van der Waals surface area contributed by atoms with E-state index in [1.54, 1.807) is 0 Å². The Morgan fingerprint density at radius 3 is 1.86 bits per heavy atom. The lowest BCUT2D eigenvalue weighted by molar-refractivity contribution is -0.139. The van der Waals surface area contributed by atoms with E-state index >= 15 is 0 Å². The molecule has 0 radical (unpaired) electrons. The van der Waals surface area contributed by atoms with Crippen LogP contribution in [0.4, 0.5) is 0 Å². The number of hydrogen-bond donors (Lipinski definition) is 2. The van der Waals surface area contributed by atoms with Gasteiger partial charge >= 0.3 is 5.97 Å². The number of benzene rings is 3. The Bertz CT molecular complexity index is 1080. The second-order valence-corrected chi connectivity index (χ2v) is 9.79. The normalized spacial score (nSPS) is 15.1. The molecule has 194 valence electrons. The summed E-state index contributed by atoms with van der Waals surface area (Å²) in [5.41, 5.74) is 2.61. The minimum Gasteiger partial charge on any atom is -0.481 e. The second-order valence-electron chi connectivity index (χ2n) is 9.79. The van der Waals surface area contributed by atoms with Crippen LogP contribution in [0.25, 0.3) is 0 Å². The van der Waals surface area contributed by atoms with Crippen molar-refractivity contribution in [3.05, 3.63) is 108 Å². The molecule has 1 fully saturated rings. The van der Waals surface area contributed by atoms with E-state index in [9.17, 15) is 9.59 Å². The molecule has 3 aromatic carbocycles. The smallest absolute Gasteiger partial charge is 0.303 e. The minimum atomic E-state index is -0.968. The lowest BCUT2D eigenvalue weighted by atomic mass is 9.79. The number of amides is 1. The molecule has 0 aromatic heterocycles. The van der Waals surface area contributed by atoms with E-state index in [-0.39, 0.29) is 18.7 Å². The number of carbonyl (C=O) groups is 2. The number of aliphatic carboxylic acids is 1. The summed E-state index contributed by atoms with van der Waals surface area (Å²) in [6.07, 6.45) is 1.56. The number of nitrogens with one attached hydrogen (secondary N) is 1. The van der Waals surface area contributed by atoms with Crippen LogP contribution in [0.15, 0.2) is 91.0 Å². The molecule has 3 aromatic rings. The molecule has 2 N–H and O–H groups in total.